The summed E-state index contributed by atoms with van der Waals surface area (Å²) < 4.78 is 0. The molecule has 72 valence electrons. The number of carbonyl (C=O) groups is 1. The van der Waals surface area contributed by atoms with E-state index in [-0.39, 0.29) is 26.2 Å². The van der Waals surface area contributed by atoms with Gasteiger partial charge in [-0.1, -0.05) is 0 Å². The van der Waals surface area contributed by atoms with Gasteiger partial charge in [0, 0.05) is 6.04 Å². The molecule has 0 amide bonds. The zero-order chi connectivity index (χ0) is 9.14. The Hall–Kier alpha value is 0.0274. The largest absolute Gasteiger partial charge is 1.00 e. The normalized spacial score (nSPS) is 19.9. The van der Waals surface area contributed by atoms with Crippen molar-refractivity contribution in [1.29, 1.82) is 0 Å². The first-order valence-electron chi connectivity index (χ1n) is 4.58. The van der Waals surface area contributed by atoms with Crippen molar-refractivity contribution < 1.29 is 30.2 Å². The molecular weight excluding hydrogens is 161 g/mol. The molecule has 1 heterocycles. The number of likely N-dealkylation sites (tertiary alicyclic amines) is 1. The third kappa shape index (κ3) is 3.72. The van der Waals surface area contributed by atoms with Crippen LogP contribution in [0.2, 0.25) is 0 Å². The predicted molar refractivity (Wildman–Crippen MR) is 48.2 cm³/mol. The van der Waals surface area contributed by atoms with Gasteiger partial charge in [0.2, 0.25) is 0 Å². The van der Waals surface area contributed by atoms with Crippen molar-refractivity contribution in [2.45, 2.75) is 32.7 Å². The average molecular weight is 179 g/mol. The third-order valence-corrected chi connectivity index (χ3v) is 2.61. The van der Waals surface area contributed by atoms with Crippen LogP contribution in [-0.4, -0.2) is 35.1 Å². The van der Waals surface area contributed by atoms with Crippen LogP contribution in [0.1, 0.15) is 28.1 Å². The summed E-state index contributed by atoms with van der Waals surface area (Å²) in [6, 6.07) is 0.555. The van der Waals surface area contributed by atoms with Crippen LogP contribution < -0.4 is 18.9 Å². The molecule has 0 spiro atoms. The Bertz CT molecular complexity index is 170. The molecular formula is C9H18LiNO2. The van der Waals surface area contributed by atoms with E-state index in [1.165, 1.54) is 0 Å². The minimum atomic E-state index is -0.626. The van der Waals surface area contributed by atoms with Crippen molar-refractivity contribution in [2.75, 3.05) is 13.1 Å². The first-order chi connectivity index (χ1) is 5.61. The molecule has 0 atom stereocenters. The minimum Gasteiger partial charge on any atom is -1.00 e. The van der Waals surface area contributed by atoms with E-state index in [1.54, 1.807) is 0 Å². The van der Waals surface area contributed by atoms with E-state index in [0.717, 1.165) is 25.9 Å². The van der Waals surface area contributed by atoms with Crippen LogP contribution in [0.4, 0.5) is 0 Å². The number of rotatable bonds is 2. The van der Waals surface area contributed by atoms with Gasteiger partial charge < -0.3 is 11.4 Å². The molecule has 1 fully saturated rings. The van der Waals surface area contributed by atoms with Crippen molar-refractivity contribution in [3.63, 3.8) is 0 Å². The summed E-state index contributed by atoms with van der Waals surface area (Å²) in [6.45, 7) is 6.19. The maximum absolute atomic E-state index is 10.6. The monoisotopic (exact) mass is 179 g/mol. The molecule has 0 aromatic carbocycles. The standard InChI is InChI=1S/C9H17NO2.Li.H/c1-7(2)10-5-3-8(4-6-10)9(11)12;;/h7-8H,3-6H2,1-2H3,(H,11,12);;/q;+1;-1. The number of carboxylic acids is 1. The smallest absolute Gasteiger partial charge is 1.00 e. The number of aliphatic carboxylic acids is 1. The zero-order valence-electron chi connectivity index (χ0n) is 9.79. The molecule has 4 heteroatoms. The van der Waals surface area contributed by atoms with Gasteiger partial charge in [-0.3, -0.25) is 4.79 Å². The first-order valence-corrected chi connectivity index (χ1v) is 4.58. The summed E-state index contributed by atoms with van der Waals surface area (Å²) in [7, 11) is 0. The van der Waals surface area contributed by atoms with E-state index in [4.69, 9.17) is 5.11 Å². The first kappa shape index (κ1) is 13.0. The van der Waals surface area contributed by atoms with Crippen LogP contribution in [0.15, 0.2) is 0 Å². The molecule has 0 aromatic heterocycles. The molecule has 0 aromatic rings. The maximum atomic E-state index is 10.6. The van der Waals surface area contributed by atoms with E-state index in [2.05, 4.69) is 18.7 Å². The van der Waals surface area contributed by atoms with Crippen molar-refractivity contribution in [1.82, 2.24) is 4.90 Å². The van der Waals surface area contributed by atoms with Crippen LogP contribution in [0, 0.1) is 5.92 Å². The summed E-state index contributed by atoms with van der Waals surface area (Å²) >= 11 is 0. The third-order valence-electron chi connectivity index (χ3n) is 2.61. The summed E-state index contributed by atoms with van der Waals surface area (Å²) in [5, 5.41) is 8.74. The Labute approximate surface area is 93.2 Å². The predicted octanol–water partition coefficient (Wildman–Crippen LogP) is -1.69. The number of piperidine rings is 1. The Balaban J connectivity index is 0. The molecule has 0 radical (unpaired) electrons. The Morgan fingerprint density at radius 3 is 2.23 bits per heavy atom. The molecule has 3 nitrogen and oxygen atoms in total. The fourth-order valence-corrected chi connectivity index (χ4v) is 1.66. The molecule has 1 N–H and O–H groups in total. The van der Waals surface area contributed by atoms with Gasteiger partial charge in [0.1, 0.15) is 0 Å². The van der Waals surface area contributed by atoms with Crippen LogP contribution in [-0.2, 0) is 4.79 Å². The van der Waals surface area contributed by atoms with Gasteiger partial charge in [-0.2, -0.15) is 0 Å². The summed E-state index contributed by atoms with van der Waals surface area (Å²) in [4.78, 5) is 12.9. The Morgan fingerprint density at radius 2 is 1.92 bits per heavy atom. The Kier molecular flexibility index (Phi) is 5.71. The van der Waals surface area contributed by atoms with Gasteiger partial charge in [0.25, 0.3) is 0 Å². The zero-order valence-corrected chi connectivity index (χ0v) is 8.79. The van der Waals surface area contributed by atoms with E-state index in [1.807, 2.05) is 0 Å². The fraction of sp³-hybridized carbons (Fsp3) is 0.889. The molecule has 1 aliphatic rings. The molecule has 1 aliphatic heterocycles. The van der Waals surface area contributed by atoms with Crippen molar-refractivity contribution in [3.05, 3.63) is 0 Å². The Morgan fingerprint density at radius 1 is 1.46 bits per heavy atom. The second-order valence-electron chi connectivity index (χ2n) is 3.74. The van der Waals surface area contributed by atoms with Gasteiger partial charge in [0.15, 0.2) is 0 Å². The molecule has 0 unspecified atom stereocenters. The van der Waals surface area contributed by atoms with Gasteiger partial charge in [0.05, 0.1) is 5.92 Å². The van der Waals surface area contributed by atoms with Gasteiger partial charge >= 0.3 is 24.8 Å². The maximum Gasteiger partial charge on any atom is 1.00 e. The number of carboxylic acid groups (broad SMARTS) is 1. The van der Waals surface area contributed by atoms with E-state index in [9.17, 15) is 4.79 Å². The van der Waals surface area contributed by atoms with Gasteiger partial charge in [-0.25, -0.2) is 0 Å². The van der Waals surface area contributed by atoms with E-state index >= 15 is 0 Å². The van der Waals surface area contributed by atoms with Crippen LogP contribution in [0.25, 0.3) is 0 Å². The van der Waals surface area contributed by atoms with Crippen molar-refractivity contribution in [3.8, 4) is 0 Å². The second-order valence-corrected chi connectivity index (χ2v) is 3.74. The molecule has 0 saturated carbocycles. The number of hydrogen-bond donors (Lipinski definition) is 1. The topological polar surface area (TPSA) is 40.5 Å². The van der Waals surface area contributed by atoms with Gasteiger partial charge in [-0.15, -0.1) is 0 Å². The minimum absolute atomic E-state index is 0. The van der Waals surface area contributed by atoms with Crippen LogP contribution in [0.3, 0.4) is 0 Å². The van der Waals surface area contributed by atoms with Gasteiger partial charge in [-0.05, 0) is 39.8 Å². The molecule has 1 rings (SSSR count). The van der Waals surface area contributed by atoms with E-state index in [0.29, 0.717) is 6.04 Å². The second kappa shape index (κ2) is 5.69. The fourth-order valence-electron chi connectivity index (χ4n) is 1.66. The SMILES string of the molecule is CC(C)N1CCC(C(=O)O)CC1.[H-].[Li+]. The molecule has 1 saturated heterocycles. The number of nitrogens with zero attached hydrogens (tertiary/aromatic N) is 1. The van der Waals surface area contributed by atoms with Crippen LogP contribution in [0.5, 0.6) is 0 Å². The molecule has 13 heavy (non-hydrogen) atoms. The molecule has 0 aliphatic carbocycles. The summed E-state index contributed by atoms with van der Waals surface area (Å²) in [6.07, 6.45) is 1.63. The summed E-state index contributed by atoms with van der Waals surface area (Å²) in [5.41, 5.74) is 0. The average Bonchev–Trinajstić information content (AvgIpc) is 2.04. The molecule has 0 bridgehead atoms. The van der Waals surface area contributed by atoms with Crippen LogP contribution >= 0.6 is 0 Å². The summed E-state index contributed by atoms with van der Waals surface area (Å²) in [5.74, 6) is -0.724. The quantitative estimate of drug-likeness (QED) is 0.514. The number of hydrogen-bond acceptors (Lipinski definition) is 2. The van der Waals surface area contributed by atoms with Crippen molar-refractivity contribution >= 4 is 5.97 Å². The van der Waals surface area contributed by atoms with Crippen molar-refractivity contribution in [2.24, 2.45) is 5.92 Å². The van der Waals surface area contributed by atoms with E-state index < -0.39 is 5.97 Å².